The second-order valence-corrected chi connectivity index (χ2v) is 6.38. The van der Waals surface area contributed by atoms with Crippen molar-refractivity contribution in [1.82, 2.24) is 0 Å². The van der Waals surface area contributed by atoms with Crippen LogP contribution >= 0.6 is 19.2 Å². The van der Waals surface area contributed by atoms with Gasteiger partial charge in [0.1, 0.15) is 11.5 Å². The van der Waals surface area contributed by atoms with Crippen LogP contribution in [0.3, 0.4) is 0 Å². The van der Waals surface area contributed by atoms with Crippen molar-refractivity contribution in [2.45, 2.75) is 6.92 Å². The molecule has 0 saturated heterocycles. The van der Waals surface area contributed by atoms with E-state index in [1.807, 2.05) is 0 Å². The van der Waals surface area contributed by atoms with Gasteiger partial charge in [-0.05, 0) is 43.3 Å². The average Bonchev–Trinajstić information content (AvgIpc) is 2.51. The first-order valence-corrected chi connectivity index (χ1v) is 8.43. The summed E-state index contributed by atoms with van der Waals surface area (Å²) >= 11 is 5.77. The van der Waals surface area contributed by atoms with Gasteiger partial charge in [-0.1, -0.05) is 29.8 Å². The molecule has 5 nitrogen and oxygen atoms in total. The van der Waals surface area contributed by atoms with Crippen LogP contribution in [-0.2, 0) is 9.09 Å². The molecule has 2 rings (SSSR count). The number of hydrogen-bond donors (Lipinski definition) is 0. The second kappa shape index (κ2) is 7.45. The maximum atomic E-state index is 12.6. The third kappa shape index (κ3) is 4.34. The molecule has 0 N–H and O–H groups in total. The number of rotatable bonds is 6. The monoisotopic (exact) mass is 340 g/mol. The number of para-hydroxylation sites is 1. The molecule has 0 unspecified atom stereocenters. The Hall–Kier alpha value is -1.81. The molecule has 116 valence electrons. The Morgan fingerprint density at radius 1 is 1.05 bits per heavy atom. The van der Waals surface area contributed by atoms with Gasteiger partial charge in [-0.3, -0.25) is 4.52 Å². The summed E-state index contributed by atoms with van der Waals surface area (Å²) in [7, 11) is -4.12. The largest absolute Gasteiger partial charge is 0.488 e. The van der Waals surface area contributed by atoms with E-state index in [0.717, 1.165) is 0 Å². The number of carbonyl (C=O) groups excluding carboxylic acids is 1. The van der Waals surface area contributed by atoms with E-state index in [4.69, 9.17) is 25.4 Å². The maximum Gasteiger partial charge on any atom is 0.488 e. The van der Waals surface area contributed by atoms with Gasteiger partial charge in [-0.15, -0.1) is 0 Å². The van der Waals surface area contributed by atoms with E-state index in [1.54, 1.807) is 49.4 Å². The fraction of sp³-hybridized carbons (Fsp3) is 0.133. The van der Waals surface area contributed by atoms with Gasteiger partial charge in [0.2, 0.25) is 0 Å². The van der Waals surface area contributed by atoms with Crippen LogP contribution in [0.15, 0.2) is 54.6 Å². The Kier molecular flexibility index (Phi) is 5.61. The van der Waals surface area contributed by atoms with Gasteiger partial charge in [0.05, 0.1) is 6.61 Å². The first-order valence-electron chi connectivity index (χ1n) is 6.50. The van der Waals surface area contributed by atoms with E-state index in [9.17, 15) is 9.36 Å². The molecule has 0 heterocycles. The number of carbonyl (C=O) groups is 1. The van der Waals surface area contributed by atoms with E-state index in [0.29, 0.717) is 5.02 Å². The van der Waals surface area contributed by atoms with Crippen molar-refractivity contribution in [2.75, 3.05) is 6.61 Å². The van der Waals surface area contributed by atoms with Gasteiger partial charge in [0.25, 0.3) is 0 Å². The van der Waals surface area contributed by atoms with E-state index >= 15 is 0 Å². The van der Waals surface area contributed by atoms with Crippen molar-refractivity contribution in [3.8, 4) is 11.5 Å². The van der Waals surface area contributed by atoms with E-state index in [1.165, 1.54) is 12.1 Å². The summed E-state index contributed by atoms with van der Waals surface area (Å²) in [5.41, 5.74) is -1.07. The summed E-state index contributed by atoms with van der Waals surface area (Å²) in [5, 5.41) is 0.491. The average molecular weight is 341 g/mol. The predicted molar refractivity (Wildman–Crippen MR) is 83.8 cm³/mol. The first-order chi connectivity index (χ1) is 10.5. The molecule has 0 bridgehead atoms. The van der Waals surface area contributed by atoms with Crippen LogP contribution in [0.1, 0.15) is 6.92 Å². The molecular formula is C15H14ClO5P. The zero-order chi connectivity index (χ0) is 16.0. The van der Waals surface area contributed by atoms with Crippen LogP contribution in [0.2, 0.25) is 5.02 Å². The van der Waals surface area contributed by atoms with Crippen molar-refractivity contribution in [3.05, 3.63) is 59.6 Å². The Morgan fingerprint density at radius 2 is 1.68 bits per heavy atom. The number of halogens is 1. The number of benzene rings is 2. The lowest BCUT2D eigenvalue weighted by molar-refractivity contribution is 0.205. The molecule has 0 spiro atoms. The summed E-state index contributed by atoms with van der Waals surface area (Å²) < 4.78 is 27.9. The Labute approximate surface area is 133 Å². The molecule has 0 aliphatic carbocycles. The molecular weight excluding hydrogens is 327 g/mol. The lowest BCUT2D eigenvalue weighted by Crippen LogP contribution is -2.13. The predicted octanol–water partition coefficient (Wildman–Crippen LogP) is 5.15. The highest BCUT2D eigenvalue weighted by Crippen LogP contribution is 2.50. The van der Waals surface area contributed by atoms with Crippen molar-refractivity contribution >= 4 is 24.9 Å². The molecule has 0 aromatic heterocycles. The molecule has 1 atom stereocenters. The molecule has 0 aliphatic rings. The van der Waals surface area contributed by atoms with Crippen LogP contribution in [0, 0.1) is 0 Å². The third-order valence-corrected chi connectivity index (χ3v) is 4.35. The summed E-state index contributed by atoms with van der Waals surface area (Å²) in [6.07, 6.45) is 0. The standard InChI is InChI=1S/C15H14ClO5P/c1-2-19-22(18,21-14-10-8-12(16)9-11-14)15(17)20-13-6-4-3-5-7-13/h3-11H,2H2,1H3/t22-/m1/s1. The van der Waals surface area contributed by atoms with Gasteiger partial charge in [-0.2, -0.15) is 0 Å². The van der Waals surface area contributed by atoms with Crippen molar-refractivity contribution in [3.63, 3.8) is 0 Å². The minimum atomic E-state index is -4.12. The second-order valence-electron chi connectivity index (χ2n) is 4.14. The smallest absolute Gasteiger partial charge is 0.417 e. The first kappa shape index (κ1) is 16.6. The summed E-state index contributed by atoms with van der Waals surface area (Å²) in [4.78, 5) is 12.1. The molecule has 0 fully saturated rings. The van der Waals surface area contributed by atoms with Crippen LogP contribution in [0.25, 0.3) is 0 Å². The molecule has 7 heteroatoms. The molecule has 22 heavy (non-hydrogen) atoms. The van der Waals surface area contributed by atoms with E-state index in [-0.39, 0.29) is 18.1 Å². The highest BCUT2D eigenvalue weighted by molar-refractivity contribution is 7.71. The molecule has 0 saturated carbocycles. The lowest BCUT2D eigenvalue weighted by Gasteiger charge is -2.17. The summed E-state index contributed by atoms with van der Waals surface area (Å²) in [6, 6.07) is 14.4. The Bertz CT molecular complexity index is 672. The van der Waals surface area contributed by atoms with E-state index < -0.39 is 13.3 Å². The van der Waals surface area contributed by atoms with Crippen LogP contribution in [-0.4, -0.2) is 12.3 Å². The summed E-state index contributed by atoms with van der Waals surface area (Å²) in [5.74, 6) is 0.457. The number of hydrogen-bond acceptors (Lipinski definition) is 5. The highest BCUT2D eigenvalue weighted by atomic mass is 35.5. The molecule has 0 aliphatic heterocycles. The van der Waals surface area contributed by atoms with Gasteiger partial charge in [-0.25, -0.2) is 9.36 Å². The number of ether oxygens (including phenoxy) is 1. The Balaban J connectivity index is 2.17. The molecule has 2 aromatic rings. The fourth-order valence-corrected chi connectivity index (χ4v) is 2.88. The molecule has 0 radical (unpaired) electrons. The van der Waals surface area contributed by atoms with Crippen molar-refractivity contribution < 1.29 is 23.1 Å². The van der Waals surface area contributed by atoms with Gasteiger partial charge >= 0.3 is 13.3 Å². The van der Waals surface area contributed by atoms with E-state index in [2.05, 4.69) is 0 Å². The zero-order valence-electron chi connectivity index (χ0n) is 11.8. The van der Waals surface area contributed by atoms with Gasteiger partial charge in [0.15, 0.2) is 0 Å². The molecule has 0 amide bonds. The quantitative estimate of drug-likeness (QED) is 0.681. The van der Waals surface area contributed by atoms with Gasteiger partial charge in [0, 0.05) is 5.02 Å². The minimum absolute atomic E-state index is 0.0365. The fourth-order valence-electron chi connectivity index (χ4n) is 1.57. The zero-order valence-corrected chi connectivity index (χ0v) is 13.4. The molecule has 2 aromatic carbocycles. The van der Waals surface area contributed by atoms with Crippen LogP contribution < -0.4 is 9.26 Å². The van der Waals surface area contributed by atoms with Crippen molar-refractivity contribution in [1.29, 1.82) is 0 Å². The normalized spacial score (nSPS) is 13.2. The lowest BCUT2D eigenvalue weighted by atomic mass is 10.3. The Morgan fingerprint density at radius 3 is 2.27 bits per heavy atom. The highest BCUT2D eigenvalue weighted by Gasteiger charge is 2.39. The topological polar surface area (TPSA) is 61.8 Å². The van der Waals surface area contributed by atoms with Crippen molar-refractivity contribution in [2.24, 2.45) is 0 Å². The maximum absolute atomic E-state index is 12.6. The third-order valence-electron chi connectivity index (χ3n) is 2.51. The van der Waals surface area contributed by atoms with Gasteiger partial charge < -0.3 is 9.26 Å². The SMILES string of the molecule is CCO[P@@](=O)(Oc1ccc(Cl)cc1)C(=O)Oc1ccccc1. The summed E-state index contributed by atoms with van der Waals surface area (Å²) in [6.45, 7) is 1.64. The van der Waals surface area contributed by atoms with Crippen LogP contribution in [0.4, 0.5) is 4.79 Å². The minimum Gasteiger partial charge on any atom is -0.417 e. The van der Waals surface area contributed by atoms with Crippen LogP contribution in [0.5, 0.6) is 11.5 Å².